The first-order chi connectivity index (χ1) is 13.6. The molecule has 146 valence electrons. The van der Waals surface area contributed by atoms with E-state index in [-0.39, 0.29) is 11.3 Å². The van der Waals surface area contributed by atoms with Crippen molar-refractivity contribution < 1.29 is 9.53 Å². The Bertz CT molecular complexity index is 1080. The Hall–Kier alpha value is -2.12. The van der Waals surface area contributed by atoms with E-state index >= 15 is 0 Å². The van der Waals surface area contributed by atoms with Gasteiger partial charge in [-0.3, -0.25) is 14.2 Å². The number of aryl methyl sites for hydroxylation is 2. The number of hydrogen-bond donors (Lipinski definition) is 0. The van der Waals surface area contributed by atoms with Crippen LogP contribution in [0.5, 0.6) is 5.75 Å². The lowest BCUT2D eigenvalue weighted by molar-refractivity contribution is -0.114. The molecule has 1 aliphatic carbocycles. The largest absolute Gasteiger partial charge is 0.494 e. The molecule has 28 heavy (non-hydrogen) atoms. The minimum absolute atomic E-state index is 0.0420. The van der Waals surface area contributed by atoms with Crippen molar-refractivity contribution in [1.29, 1.82) is 0 Å². The summed E-state index contributed by atoms with van der Waals surface area (Å²) in [6, 6.07) is 7.46. The van der Waals surface area contributed by atoms with E-state index in [1.807, 2.05) is 31.2 Å². The molecule has 0 bridgehead atoms. The average Bonchev–Trinajstić information content (AvgIpc) is 3.06. The van der Waals surface area contributed by atoms with Gasteiger partial charge in [0.15, 0.2) is 5.16 Å². The molecule has 0 atom stereocenters. The van der Waals surface area contributed by atoms with Crippen LogP contribution in [0.2, 0.25) is 0 Å². The average molecular weight is 415 g/mol. The lowest BCUT2D eigenvalue weighted by Crippen LogP contribution is -2.22. The van der Waals surface area contributed by atoms with Crippen molar-refractivity contribution in [2.24, 2.45) is 0 Å². The van der Waals surface area contributed by atoms with E-state index in [2.05, 4.69) is 0 Å². The Balaban J connectivity index is 1.90. The lowest BCUT2D eigenvalue weighted by Gasteiger charge is -2.14. The van der Waals surface area contributed by atoms with Crippen molar-refractivity contribution in [2.75, 3.05) is 12.4 Å². The second-order valence-corrected chi connectivity index (χ2v) is 8.87. The van der Waals surface area contributed by atoms with Gasteiger partial charge in [0.25, 0.3) is 5.56 Å². The normalized spacial score (nSPS) is 13.5. The summed E-state index contributed by atoms with van der Waals surface area (Å²) in [7, 11) is 0. The number of thioether (sulfide) groups is 1. The monoisotopic (exact) mass is 414 g/mol. The second kappa shape index (κ2) is 8.09. The first-order valence-corrected chi connectivity index (χ1v) is 11.3. The molecule has 0 N–H and O–H groups in total. The highest BCUT2D eigenvalue weighted by molar-refractivity contribution is 7.99. The van der Waals surface area contributed by atoms with Crippen LogP contribution >= 0.6 is 23.1 Å². The smallest absolute Gasteiger partial charge is 0.267 e. The van der Waals surface area contributed by atoms with E-state index in [4.69, 9.17) is 9.72 Å². The summed E-state index contributed by atoms with van der Waals surface area (Å²) in [6.45, 7) is 4.08. The van der Waals surface area contributed by atoms with Gasteiger partial charge in [-0.15, -0.1) is 11.3 Å². The number of nitrogens with zero attached hydrogens (tertiary/aromatic N) is 2. The Morgan fingerprint density at radius 3 is 2.71 bits per heavy atom. The third kappa shape index (κ3) is 3.61. The van der Waals surface area contributed by atoms with Gasteiger partial charge in [0.2, 0.25) is 0 Å². The zero-order valence-electron chi connectivity index (χ0n) is 16.0. The molecule has 0 fully saturated rings. The molecule has 3 aromatic rings. The molecule has 2 heterocycles. The summed E-state index contributed by atoms with van der Waals surface area (Å²) in [5.41, 5.74) is 1.87. The van der Waals surface area contributed by atoms with Crippen LogP contribution in [0.1, 0.15) is 37.1 Å². The van der Waals surface area contributed by atoms with Gasteiger partial charge in [-0.25, -0.2) is 4.98 Å². The van der Waals surface area contributed by atoms with Crippen LogP contribution < -0.4 is 10.3 Å². The minimum Gasteiger partial charge on any atom is -0.494 e. The van der Waals surface area contributed by atoms with Crippen molar-refractivity contribution >= 4 is 39.1 Å². The number of ketones is 1. The molecule has 1 aromatic carbocycles. The molecule has 0 saturated carbocycles. The summed E-state index contributed by atoms with van der Waals surface area (Å²) in [5.74, 6) is 1.11. The Morgan fingerprint density at radius 1 is 1.25 bits per heavy atom. The van der Waals surface area contributed by atoms with Crippen LogP contribution in [-0.4, -0.2) is 27.7 Å². The van der Waals surface area contributed by atoms with Gasteiger partial charge in [-0.2, -0.15) is 0 Å². The van der Waals surface area contributed by atoms with Gasteiger partial charge in [0, 0.05) is 4.88 Å². The predicted octanol–water partition coefficient (Wildman–Crippen LogP) is 4.41. The summed E-state index contributed by atoms with van der Waals surface area (Å²) in [4.78, 5) is 32.0. The van der Waals surface area contributed by atoms with Crippen molar-refractivity contribution in [1.82, 2.24) is 9.55 Å². The topological polar surface area (TPSA) is 61.2 Å². The Morgan fingerprint density at radius 2 is 2.00 bits per heavy atom. The van der Waals surface area contributed by atoms with Crippen LogP contribution in [0.4, 0.5) is 0 Å². The van der Waals surface area contributed by atoms with Crippen LogP contribution in [0.25, 0.3) is 15.9 Å². The summed E-state index contributed by atoms with van der Waals surface area (Å²) in [5, 5.41) is 1.32. The van der Waals surface area contributed by atoms with Gasteiger partial charge in [-0.05, 0) is 69.4 Å². The van der Waals surface area contributed by atoms with E-state index in [9.17, 15) is 9.59 Å². The molecular weight excluding hydrogens is 392 g/mol. The molecule has 0 aliphatic heterocycles. The van der Waals surface area contributed by atoms with Crippen molar-refractivity contribution in [3.05, 3.63) is 45.1 Å². The van der Waals surface area contributed by atoms with Crippen molar-refractivity contribution in [2.45, 2.75) is 44.7 Å². The molecule has 0 amide bonds. The Labute approximate surface area is 171 Å². The van der Waals surface area contributed by atoms with Crippen molar-refractivity contribution in [3.8, 4) is 11.4 Å². The molecule has 5 nitrogen and oxygen atoms in total. The highest BCUT2D eigenvalue weighted by Gasteiger charge is 2.23. The maximum absolute atomic E-state index is 13.5. The number of carbonyl (C=O) groups excluding carboxylic acids is 1. The van der Waals surface area contributed by atoms with Crippen molar-refractivity contribution in [3.63, 3.8) is 0 Å². The zero-order valence-corrected chi connectivity index (χ0v) is 17.6. The number of rotatable bonds is 6. The van der Waals surface area contributed by atoms with Gasteiger partial charge >= 0.3 is 0 Å². The SMILES string of the molecule is CCOc1ccc(-n2c(SCC(C)=O)nc3sc4c(c3c2=O)CCCC4)cc1. The molecule has 4 rings (SSSR count). The fraction of sp³-hybridized carbons (Fsp3) is 0.381. The minimum atomic E-state index is -0.0420. The molecule has 0 saturated heterocycles. The molecule has 0 radical (unpaired) electrons. The van der Waals surface area contributed by atoms with E-state index in [0.717, 1.165) is 40.9 Å². The first-order valence-electron chi connectivity index (χ1n) is 9.51. The first kappa shape index (κ1) is 19.2. The number of fused-ring (bicyclic) bond motifs is 3. The number of Topliss-reactive ketones (excluding diaryl/α,β-unsaturated/α-hetero) is 1. The van der Waals surface area contributed by atoms with Gasteiger partial charge in [0.1, 0.15) is 16.4 Å². The molecule has 2 aromatic heterocycles. The second-order valence-electron chi connectivity index (χ2n) is 6.84. The standard InChI is InChI=1S/C21H22N2O3S2/c1-3-26-15-10-8-14(9-11-15)23-20(25)18-16-6-4-5-7-17(16)28-19(18)22-21(23)27-12-13(2)24/h8-11H,3-7,12H2,1-2H3. The highest BCUT2D eigenvalue weighted by Crippen LogP contribution is 2.35. The number of benzene rings is 1. The zero-order chi connectivity index (χ0) is 19.7. The van der Waals surface area contributed by atoms with E-state index in [0.29, 0.717) is 17.5 Å². The van der Waals surface area contributed by atoms with Crippen LogP contribution in [0.15, 0.2) is 34.2 Å². The number of hydrogen-bond acceptors (Lipinski definition) is 6. The number of thiophene rings is 1. The molecule has 0 unspecified atom stereocenters. The third-order valence-corrected chi connectivity index (χ3v) is 7.04. The maximum atomic E-state index is 13.5. The van der Waals surface area contributed by atoms with Gasteiger partial charge < -0.3 is 4.74 Å². The Kier molecular flexibility index (Phi) is 5.55. The quantitative estimate of drug-likeness (QED) is 0.442. The number of ether oxygens (including phenoxy) is 1. The maximum Gasteiger partial charge on any atom is 0.267 e. The fourth-order valence-corrected chi connectivity index (χ4v) is 5.65. The summed E-state index contributed by atoms with van der Waals surface area (Å²) < 4.78 is 7.16. The van der Waals surface area contributed by atoms with Gasteiger partial charge in [0.05, 0.1) is 23.4 Å². The molecule has 0 spiro atoms. The van der Waals surface area contributed by atoms with Crippen LogP contribution in [0, 0.1) is 0 Å². The van der Waals surface area contributed by atoms with Gasteiger partial charge in [-0.1, -0.05) is 11.8 Å². The van der Waals surface area contributed by atoms with E-state index < -0.39 is 0 Å². The number of aromatic nitrogens is 2. The lowest BCUT2D eigenvalue weighted by atomic mass is 9.97. The third-order valence-electron chi connectivity index (χ3n) is 4.77. The summed E-state index contributed by atoms with van der Waals surface area (Å²) >= 11 is 2.95. The van der Waals surface area contributed by atoms with E-state index in [1.54, 1.807) is 22.8 Å². The van der Waals surface area contributed by atoms with E-state index in [1.165, 1.54) is 28.6 Å². The predicted molar refractivity (Wildman–Crippen MR) is 114 cm³/mol. The molecule has 1 aliphatic rings. The van der Waals surface area contributed by atoms with Crippen LogP contribution in [0.3, 0.4) is 0 Å². The number of carbonyl (C=O) groups is 1. The fourth-order valence-electron chi connectivity index (χ4n) is 3.54. The molecule has 7 heteroatoms. The summed E-state index contributed by atoms with van der Waals surface area (Å²) in [6.07, 6.45) is 4.24. The molecular formula is C21H22N2O3S2. The highest BCUT2D eigenvalue weighted by atomic mass is 32.2. The van der Waals surface area contributed by atoms with Crippen LogP contribution in [-0.2, 0) is 17.6 Å².